The highest BCUT2D eigenvalue weighted by atomic mass is 35.5. The Labute approximate surface area is 124 Å². The van der Waals surface area contributed by atoms with Crippen molar-refractivity contribution in [2.24, 2.45) is 5.73 Å². The third-order valence-electron chi connectivity index (χ3n) is 2.72. The van der Waals surface area contributed by atoms with E-state index in [0.29, 0.717) is 12.5 Å². The molecule has 1 amide bonds. The highest BCUT2D eigenvalue weighted by Crippen LogP contribution is 2.11. The number of imidazole rings is 1. The molecule has 2 rings (SSSR count). The summed E-state index contributed by atoms with van der Waals surface area (Å²) in [6.07, 6.45) is 3.48. The predicted octanol–water partition coefficient (Wildman–Crippen LogP) is 2.03. The van der Waals surface area contributed by atoms with Crippen LogP contribution in [0.4, 0.5) is 5.95 Å². The average Bonchev–Trinajstić information content (AvgIpc) is 2.77. The van der Waals surface area contributed by atoms with Gasteiger partial charge >= 0.3 is 0 Å². The van der Waals surface area contributed by atoms with Gasteiger partial charge in [0.1, 0.15) is 0 Å². The first-order chi connectivity index (χ1) is 8.97. The SMILES string of the molecule is CC(C)(N)C(=O)Nc1nccn1Cc1ccccc1.Cl. The molecule has 108 valence electrons. The van der Waals surface area contributed by atoms with Crippen LogP contribution < -0.4 is 11.1 Å². The fourth-order valence-corrected chi connectivity index (χ4v) is 1.60. The van der Waals surface area contributed by atoms with Gasteiger partial charge in [0.05, 0.1) is 12.1 Å². The molecule has 0 radical (unpaired) electrons. The van der Waals surface area contributed by atoms with Gasteiger partial charge in [-0.3, -0.25) is 10.1 Å². The third kappa shape index (κ3) is 4.08. The third-order valence-corrected chi connectivity index (χ3v) is 2.72. The largest absolute Gasteiger partial charge is 0.318 e. The maximum absolute atomic E-state index is 11.8. The minimum atomic E-state index is -0.927. The Morgan fingerprint density at radius 1 is 1.35 bits per heavy atom. The summed E-state index contributed by atoms with van der Waals surface area (Å²) in [5.74, 6) is 0.250. The van der Waals surface area contributed by atoms with Crippen molar-refractivity contribution in [3.8, 4) is 0 Å². The molecule has 1 heterocycles. The summed E-state index contributed by atoms with van der Waals surface area (Å²) >= 11 is 0. The van der Waals surface area contributed by atoms with Crippen molar-refractivity contribution in [1.29, 1.82) is 0 Å². The number of nitrogens with two attached hydrogens (primary N) is 1. The average molecular weight is 295 g/mol. The molecule has 1 aromatic heterocycles. The fourth-order valence-electron chi connectivity index (χ4n) is 1.60. The lowest BCUT2D eigenvalue weighted by Gasteiger charge is -2.18. The molecule has 6 heteroatoms. The van der Waals surface area contributed by atoms with E-state index >= 15 is 0 Å². The molecule has 2 aromatic rings. The number of hydrogen-bond donors (Lipinski definition) is 2. The van der Waals surface area contributed by atoms with Crippen LogP contribution in [0.25, 0.3) is 0 Å². The molecule has 1 aromatic carbocycles. The lowest BCUT2D eigenvalue weighted by molar-refractivity contribution is -0.120. The van der Waals surface area contributed by atoms with E-state index in [0.717, 1.165) is 5.56 Å². The number of halogens is 1. The van der Waals surface area contributed by atoms with Gasteiger partial charge in [-0.05, 0) is 19.4 Å². The van der Waals surface area contributed by atoms with E-state index in [1.54, 1.807) is 20.0 Å². The van der Waals surface area contributed by atoms with E-state index in [1.165, 1.54) is 0 Å². The minimum absolute atomic E-state index is 0. The van der Waals surface area contributed by atoms with Crippen LogP contribution in [0, 0.1) is 0 Å². The molecular formula is C14H19ClN4O. The molecule has 0 fully saturated rings. The van der Waals surface area contributed by atoms with E-state index in [-0.39, 0.29) is 18.3 Å². The van der Waals surface area contributed by atoms with E-state index in [1.807, 2.05) is 41.1 Å². The summed E-state index contributed by atoms with van der Waals surface area (Å²) < 4.78 is 1.87. The van der Waals surface area contributed by atoms with Crippen LogP contribution in [0.1, 0.15) is 19.4 Å². The maximum atomic E-state index is 11.8. The molecule has 0 aliphatic carbocycles. The molecule has 3 N–H and O–H groups in total. The Hall–Kier alpha value is -1.85. The number of amides is 1. The second-order valence-corrected chi connectivity index (χ2v) is 5.04. The van der Waals surface area contributed by atoms with Gasteiger partial charge in [-0.1, -0.05) is 30.3 Å². The quantitative estimate of drug-likeness (QED) is 0.906. The molecular weight excluding hydrogens is 276 g/mol. The number of anilines is 1. The zero-order valence-electron chi connectivity index (χ0n) is 11.5. The Bertz CT molecular complexity index is 560. The van der Waals surface area contributed by atoms with E-state index in [2.05, 4.69) is 10.3 Å². The van der Waals surface area contributed by atoms with Gasteiger partial charge in [0.2, 0.25) is 11.9 Å². The number of hydrogen-bond acceptors (Lipinski definition) is 3. The topological polar surface area (TPSA) is 72.9 Å². The van der Waals surface area contributed by atoms with Crippen molar-refractivity contribution in [1.82, 2.24) is 9.55 Å². The Balaban J connectivity index is 0.00000200. The zero-order chi connectivity index (χ0) is 13.9. The number of rotatable bonds is 4. The van der Waals surface area contributed by atoms with Crippen molar-refractivity contribution in [2.75, 3.05) is 5.32 Å². The van der Waals surface area contributed by atoms with Crippen molar-refractivity contribution in [3.63, 3.8) is 0 Å². The number of nitrogens with one attached hydrogen (secondary N) is 1. The van der Waals surface area contributed by atoms with Crippen LogP contribution in [-0.4, -0.2) is 21.0 Å². The first-order valence-electron chi connectivity index (χ1n) is 6.12. The number of carbonyl (C=O) groups excluding carboxylic acids is 1. The predicted molar refractivity (Wildman–Crippen MR) is 81.9 cm³/mol. The molecule has 0 aliphatic heterocycles. The molecule has 0 saturated heterocycles. The molecule has 0 bridgehead atoms. The molecule has 0 aliphatic rings. The Kier molecular flexibility index (Phi) is 5.30. The van der Waals surface area contributed by atoms with Crippen LogP contribution in [0.2, 0.25) is 0 Å². The Morgan fingerprint density at radius 3 is 2.60 bits per heavy atom. The first kappa shape index (κ1) is 16.2. The lowest BCUT2D eigenvalue weighted by Crippen LogP contribution is -2.45. The normalized spacial score (nSPS) is 10.8. The van der Waals surface area contributed by atoms with Crippen molar-refractivity contribution < 1.29 is 4.79 Å². The van der Waals surface area contributed by atoms with Crippen LogP contribution in [0.3, 0.4) is 0 Å². The van der Waals surface area contributed by atoms with E-state index in [9.17, 15) is 4.79 Å². The van der Waals surface area contributed by atoms with Crippen molar-refractivity contribution in [2.45, 2.75) is 25.9 Å². The molecule has 0 spiro atoms. The van der Waals surface area contributed by atoms with Crippen LogP contribution >= 0.6 is 12.4 Å². The maximum Gasteiger partial charge on any atom is 0.246 e. The summed E-state index contributed by atoms with van der Waals surface area (Å²) in [5.41, 5.74) is 5.96. The Morgan fingerprint density at radius 2 is 2.00 bits per heavy atom. The minimum Gasteiger partial charge on any atom is -0.318 e. The van der Waals surface area contributed by atoms with E-state index < -0.39 is 5.54 Å². The molecule has 0 saturated carbocycles. The van der Waals surface area contributed by atoms with Crippen LogP contribution in [-0.2, 0) is 11.3 Å². The number of nitrogens with zero attached hydrogens (tertiary/aromatic N) is 2. The van der Waals surface area contributed by atoms with Crippen molar-refractivity contribution in [3.05, 3.63) is 48.3 Å². The fraction of sp³-hybridized carbons (Fsp3) is 0.286. The summed E-state index contributed by atoms with van der Waals surface area (Å²) in [6, 6.07) is 9.98. The van der Waals surface area contributed by atoms with Gasteiger partial charge in [0, 0.05) is 12.4 Å². The van der Waals surface area contributed by atoms with Crippen molar-refractivity contribution >= 4 is 24.3 Å². The summed E-state index contributed by atoms with van der Waals surface area (Å²) in [4.78, 5) is 16.0. The van der Waals surface area contributed by atoms with E-state index in [4.69, 9.17) is 5.73 Å². The molecule has 20 heavy (non-hydrogen) atoms. The summed E-state index contributed by atoms with van der Waals surface area (Å²) in [5, 5.41) is 2.74. The van der Waals surface area contributed by atoms with Gasteiger partial charge in [-0.15, -0.1) is 12.4 Å². The van der Waals surface area contributed by atoms with Gasteiger partial charge in [-0.25, -0.2) is 4.98 Å². The highest BCUT2D eigenvalue weighted by Gasteiger charge is 2.23. The standard InChI is InChI=1S/C14H18N4O.ClH/c1-14(2,15)12(19)17-13-16-8-9-18(13)10-11-6-4-3-5-7-11;/h3-9H,10,15H2,1-2H3,(H,16,17,19);1H. The van der Waals surface area contributed by atoms with Crippen LogP contribution in [0.15, 0.2) is 42.7 Å². The second-order valence-electron chi connectivity index (χ2n) is 5.04. The van der Waals surface area contributed by atoms with Gasteiger partial charge < -0.3 is 10.3 Å². The summed E-state index contributed by atoms with van der Waals surface area (Å²) in [7, 11) is 0. The zero-order valence-corrected chi connectivity index (χ0v) is 12.4. The number of aromatic nitrogens is 2. The molecule has 5 nitrogen and oxygen atoms in total. The monoisotopic (exact) mass is 294 g/mol. The van der Waals surface area contributed by atoms with Gasteiger partial charge in [0.25, 0.3) is 0 Å². The molecule has 0 atom stereocenters. The summed E-state index contributed by atoms with van der Waals surface area (Å²) in [6.45, 7) is 3.97. The molecule has 0 unspecified atom stereocenters. The van der Waals surface area contributed by atoms with Crippen LogP contribution in [0.5, 0.6) is 0 Å². The second kappa shape index (κ2) is 6.54. The lowest BCUT2D eigenvalue weighted by atomic mass is 10.1. The highest BCUT2D eigenvalue weighted by molar-refractivity contribution is 5.96. The number of carbonyl (C=O) groups is 1. The first-order valence-corrected chi connectivity index (χ1v) is 6.12. The van der Waals surface area contributed by atoms with Gasteiger partial charge in [-0.2, -0.15) is 0 Å². The van der Waals surface area contributed by atoms with Gasteiger partial charge in [0.15, 0.2) is 0 Å². The number of benzene rings is 1. The smallest absolute Gasteiger partial charge is 0.246 e.